The summed E-state index contributed by atoms with van der Waals surface area (Å²) >= 11 is 1.27. The Labute approximate surface area is 203 Å². The van der Waals surface area contributed by atoms with Gasteiger partial charge in [-0.15, -0.1) is 10.2 Å². The Balaban J connectivity index is 1.56. The second-order valence-electron chi connectivity index (χ2n) is 8.07. The van der Waals surface area contributed by atoms with Gasteiger partial charge in [0.1, 0.15) is 11.0 Å². The van der Waals surface area contributed by atoms with Crippen molar-refractivity contribution in [3.8, 4) is 5.75 Å². The van der Waals surface area contributed by atoms with Gasteiger partial charge in [-0.25, -0.2) is 4.68 Å². The lowest BCUT2D eigenvalue weighted by molar-refractivity contribution is -0.115. The summed E-state index contributed by atoms with van der Waals surface area (Å²) in [5, 5.41) is 11.5. The molecule has 1 amide bonds. The number of benzene rings is 3. The summed E-state index contributed by atoms with van der Waals surface area (Å²) in [6, 6.07) is 23.3. The quantitative estimate of drug-likeness (QED) is 0.285. The standard InChI is InChI=1S/C26H27N5O2S/c1-17-13-18(2)15-21(14-17)28-25(32)24(20-7-5-4-6-8-20)34-26-30-29-23(31(26)27)16-19-9-11-22(33-3)12-10-19/h4-15,24H,16,27H2,1-3H3,(H,28,32)/t24-/m0/s1. The van der Waals surface area contributed by atoms with E-state index in [0.29, 0.717) is 17.4 Å². The Morgan fingerprint density at radius 3 is 2.35 bits per heavy atom. The molecule has 1 heterocycles. The third-order valence-electron chi connectivity index (χ3n) is 5.31. The minimum atomic E-state index is -0.553. The topological polar surface area (TPSA) is 95.1 Å². The number of methoxy groups -OCH3 is 1. The predicted octanol–water partition coefficient (Wildman–Crippen LogP) is 4.68. The number of amides is 1. The second-order valence-corrected chi connectivity index (χ2v) is 9.14. The van der Waals surface area contributed by atoms with Crippen molar-refractivity contribution in [3.05, 3.63) is 101 Å². The highest BCUT2D eigenvalue weighted by atomic mass is 32.2. The number of aryl methyl sites for hydroxylation is 2. The van der Waals surface area contributed by atoms with Crippen LogP contribution in [-0.4, -0.2) is 27.9 Å². The molecule has 0 spiro atoms. The summed E-state index contributed by atoms with van der Waals surface area (Å²) in [6.07, 6.45) is 0.513. The number of ether oxygens (including phenoxy) is 1. The normalized spacial score (nSPS) is 11.7. The number of carbonyl (C=O) groups excluding carboxylic acids is 1. The third-order valence-corrected chi connectivity index (χ3v) is 6.52. The molecule has 0 saturated heterocycles. The zero-order valence-corrected chi connectivity index (χ0v) is 20.2. The number of nitrogens with one attached hydrogen (secondary N) is 1. The van der Waals surface area contributed by atoms with Gasteiger partial charge in [0.05, 0.1) is 7.11 Å². The van der Waals surface area contributed by atoms with Gasteiger partial charge in [0.25, 0.3) is 0 Å². The van der Waals surface area contributed by atoms with Crippen molar-refractivity contribution in [2.24, 2.45) is 0 Å². The summed E-state index contributed by atoms with van der Waals surface area (Å²) < 4.78 is 6.67. The summed E-state index contributed by atoms with van der Waals surface area (Å²) in [5.74, 6) is 7.58. The van der Waals surface area contributed by atoms with Crippen molar-refractivity contribution < 1.29 is 9.53 Å². The van der Waals surface area contributed by atoms with Crippen molar-refractivity contribution in [2.75, 3.05) is 18.3 Å². The Hall–Kier alpha value is -3.78. The number of anilines is 1. The van der Waals surface area contributed by atoms with Gasteiger partial charge in [0, 0.05) is 12.1 Å². The van der Waals surface area contributed by atoms with E-state index in [9.17, 15) is 4.79 Å². The molecule has 0 aliphatic heterocycles. The van der Waals surface area contributed by atoms with Gasteiger partial charge in [-0.3, -0.25) is 4.79 Å². The van der Waals surface area contributed by atoms with E-state index in [1.807, 2.05) is 80.6 Å². The number of hydrogen-bond donors (Lipinski definition) is 2. The highest BCUT2D eigenvalue weighted by molar-refractivity contribution is 8.00. The first-order valence-electron chi connectivity index (χ1n) is 10.9. The van der Waals surface area contributed by atoms with Gasteiger partial charge in [-0.05, 0) is 60.4 Å². The molecule has 0 radical (unpaired) electrons. The lowest BCUT2D eigenvalue weighted by Crippen LogP contribution is -2.21. The number of hydrogen-bond acceptors (Lipinski definition) is 6. The molecule has 7 nitrogen and oxygen atoms in total. The largest absolute Gasteiger partial charge is 0.497 e. The van der Waals surface area contributed by atoms with Crippen LogP contribution in [0.3, 0.4) is 0 Å². The van der Waals surface area contributed by atoms with E-state index in [1.165, 1.54) is 16.4 Å². The number of thioether (sulfide) groups is 1. The summed E-state index contributed by atoms with van der Waals surface area (Å²) in [6.45, 7) is 4.01. The average Bonchev–Trinajstić information content (AvgIpc) is 3.16. The third kappa shape index (κ3) is 5.58. The SMILES string of the molecule is COc1ccc(Cc2nnc(S[C@H](C(=O)Nc3cc(C)cc(C)c3)c3ccccc3)n2N)cc1. The van der Waals surface area contributed by atoms with E-state index < -0.39 is 5.25 Å². The lowest BCUT2D eigenvalue weighted by Gasteiger charge is -2.17. The van der Waals surface area contributed by atoms with Crippen LogP contribution in [0.2, 0.25) is 0 Å². The zero-order chi connectivity index (χ0) is 24.1. The van der Waals surface area contributed by atoms with Crippen LogP contribution < -0.4 is 15.9 Å². The molecule has 1 aromatic heterocycles. The number of nitrogen functional groups attached to an aromatic ring is 1. The molecule has 4 rings (SSSR count). The van der Waals surface area contributed by atoms with Crippen LogP contribution in [0.4, 0.5) is 5.69 Å². The van der Waals surface area contributed by atoms with Gasteiger partial charge in [0.15, 0.2) is 5.82 Å². The summed E-state index contributed by atoms with van der Waals surface area (Å²) in [4.78, 5) is 13.4. The molecule has 34 heavy (non-hydrogen) atoms. The maximum absolute atomic E-state index is 13.4. The lowest BCUT2D eigenvalue weighted by atomic mass is 10.1. The number of nitrogens with two attached hydrogens (primary N) is 1. The van der Waals surface area contributed by atoms with Gasteiger partial charge >= 0.3 is 0 Å². The molecule has 8 heteroatoms. The fourth-order valence-corrected chi connectivity index (χ4v) is 4.67. The van der Waals surface area contributed by atoms with Gasteiger partial charge < -0.3 is 15.9 Å². The molecule has 0 bridgehead atoms. The fraction of sp³-hybridized carbons (Fsp3) is 0.192. The molecule has 0 saturated carbocycles. The van der Waals surface area contributed by atoms with Crippen LogP contribution in [0.25, 0.3) is 0 Å². The Kier molecular flexibility index (Phi) is 7.18. The molecule has 0 aliphatic carbocycles. The van der Waals surface area contributed by atoms with Gasteiger partial charge in [-0.1, -0.05) is 60.3 Å². The number of aromatic nitrogens is 3. The van der Waals surface area contributed by atoms with Crippen LogP contribution in [0.15, 0.2) is 78.0 Å². The van der Waals surface area contributed by atoms with Crippen LogP contribution >= 0.6 is 11.8 Å². The van der Waals surface area contributed by atoms with E-state index >= 15 is 0 Å². The first-order valence-corrected chi connectivity index (χ1v) is 11.7. The smallest absolute Gasteiger partial charge is 0.242 e. The number of nitrogens with zero attached hydrogens (tertiary/aromatic N) is 3. The maximum atomic E-state index is 13.4. The second kappa shape index (κ2) is 10.4. The number of rotatable bonds is 8. The van der Waals surface area contributed by atoms with Gasteiger partial charge in [-0.2, -0.15) is 0 Å². The van der Waals surface area contributed by atoms with Crippen molar-refractivity contribution in [1.29, 1.82) is 0 Å². The minimum absolute atomic E-state index is 0.152. The highest BCUT2D eigenvalue weighted by Crippen LogP contribution is 2.35. The summed E-state index contributed by atoms with van der Waals surface area (Å²) in [5.41, 5.74) is 4.82. The molecule has 4 aromatic rings. The van der Waals surface area contributed by atoms with Crippen LogP contribution in [0.5, 0.6) is 5.75 Å². The van der Waals surface area contributed by atoms with Crippen molar-refractivity contribution in [1.82, 2.24) is 14.9 Å². The molecule has 1 atom stereocenters. The Morgan fingerprint density at radius 1 is 1.03 bits per heavy atom. The number of carbonyl (C=O) groups is 1. The molecule has 0 fully saturated rings. The molecule has 3 aromatic carbocycles. The predicted molar refractivity (Wildman–Crippen MR) is 136 cm³/mol. The van der Waals surface area contributed by atoms with Crippen molar-refractivity contribution in [3.63, 3.8) is 0 Å². The monoisotopic (exact) mass is 473 g/mol. The van der Waals surface area contributed by atoms with E-state index in [2.05, 4.69) is 21.6 Å². The maximum Gasteiger partial charge on any atom is 0.242 e. The van der Waals surface area contributed by atoms with Crippen LogP contribution in [0, 0.1) is 13.8 Å². The van der Waals surface area contributed by atoms with E-state index in [0.717, 1.165) is 33.7 Å². The molecule has 174 valence electrons. The molecular weight excluding hydrogens is 446 g/mol. The Bertz CT molecular complexity index is 1250. The van der Waals surface area contributed by atoms with Crippen molar-refractivity contribution in [2.45, 2.75) is 30.7 Å². The van der Waals surface area contributed by atoms with Crippen molar-refractivity contribution >= 4 is 23.4 Å². The first kappa shape index (κ1) is 23.4. The minimum Gasteiger partial charge on any atom is -0.497 e. The van der Waals surface area contributed by atoms with Gasteiger partial charge in [0.2, 0.25) is 11.1 Å². The molecule has 0 unspecified atom stereocenters. The average molecular weight is 474 g/mol. The van der Waals surface area contributed by atoms with E-state index in [-0.39, 0.29) is 5.91 Å². The zero-order valence-electron chi connectivity index (χ0n) is 19.4. The first-order chi connectivity index (χ1) is 16.4. The molecular formula is C26H27N5O2S. The Morgan fingerprint density at radius 2 is 1.71 bits per heavy atom. The van der Waals surface area contributed by atoms with E-state index in [4.69, 9.17) is 10.6 Å². The molecule has 3 N–H and O–H groups in total. The van der Waals surface area contributed by atoms with Crippen LogP contribution in [0.1, 0.15) is 33.3 Å². The van der Waals surface area contributed by atoms with E-state index in [1.54, 1.807) is 7.11 Å². The highest BCUT2D eigenvalue weighted by Gasteiger charge is 2.25. The molecule has 0 aliphatic rings. The summed E-state index contributed by atoms with van der Waals surface area (Å²) in [7, 11) is 1.63. The fourth-order valence-electron chi connectivity index (χ4n) is 3.69. The van der Waals surface area contributed by atoms with Crippen LogP contribution in [-0.2, 0) is 11.2 Å².